The van der Waals surface area contributed by atoms with Crippen LogP contribution in [0.3, 0.4) is 0 Å². The van der Waals surface area contributed by atoms with Gasteiger partial charge >= 0.3 is 133 Å². The fourth-order valence-corrected chi connectivity index (χ4v) is 0.143. The first-order valence-electron chi connectivity index (χ1n) is 2.55. The maximum absolute atomic E-state index is 9.55. The Labute approximate surface area is 180 Å². The van der Waals surface area contributed by atoms with Crippen LogP contribution in [0.1, 0.15) is 0 Å². The van der Waals surface area contributed by atoms with Crippen LogP contribution in [0.2, 0.25) is 0 Å². The average Bonchev–Trinajstić information content (AvgIpc) is 1.79. The molecule has 0 aliphatic heterocycles. The number of hydrogen-bond donors (Lipinski definition) is 5. The van der Waals surface area contributed by atoms with Crippen LogP contribution in [0.4, 0.5) is 0 Å². The van der Waals surface area contributed by atoms with Gasteiger partial charge in [-0.1, -0.05) is 0 Å². The molecule has 0 aliphatic carbocycles. The zero-order chi connectivity index (χ0) is 11.1. The predicted octanol–water partition coefficient (Wildman–Crippen LogP) is -3.97. The number of carboxylic acids is 2. The monoisotopic (exact) mass is 340 g/mol. The summed E-state index contributed by atoms with van der Waals surface area (Å²) in [5, 5.41) is 15.6. The molecule has 0 bridgehead atoms. The van der Waals surface area contributed by atoms with Crippen molar-refractivity contribution in [3.8, 4) is 0 Å². The minimum atomic E-state index is -4.64. The van der Waals surface area contributed by atoms with Gasteiger partial charge < -0.3 is 24.9 Å². The van der Waals surface area contributed by atoms with Crippen molar-refractivity contribution in [1.82, 2.24) is 0 Å². The molecule has 0 atom stereocenters. The first-order valence-corrected chi connectivity index (χ1v) is 4.11. The Hall–Kier alpha value is 2.57. The molecule has 16 heavy (non-hydrogen) atoms. The second-order valence-corrected chi connectivity index (χ2v) is 2.55. The van der Waals surface area contributed by atoms with Crippen LogP contribution in [-0.2, 0) is 14.2 Å². The molecule has 0 aliphatic rings. The third kappa shape index (κ3) is 70.1. The van der Waals surface area contributed by atoms with Gasteiger partial charge in [0.15, 0.2) is 0 Å². The first kappa shape index (κ1) is 31.1. The van der Waals surface area contributed by atoms with E-state index < -0.39 is 19.8 Å². The molecule has 5 N–H and O–H groups in total. The van der Waals surface area contributed by atoms with Gasteiger partial charge in [0.1, 0.15) is 0 Å². The number of aliphatic carboxylic acids is 2. The van der Waals surface area contributed by atoms with Crippen molar-refractivity contribution in [3.05, 3.63) is 12.2 Å². The van der Waals surface area contributed by atoms with Crippen molar-refractivity contribution in [2.45, 2.75) is 0 Å². The van der Waals surface area contributed by atoms with E-state index in [4.69, 9.17) is 29.5 Å². The van der Waals surface area contributed by atoms with E-state index in [1.54, 1.807) is 0 Å². The normalized spacial score (nSPS) is 8.44. The van der Waals surface area contributed by atoms with Crippen LogP contribution < -0.4 is 0 Å². The molecule has 0 amide bonds. The van der Waals surface area contributed by atoms with Gasteiger partial charge in [0.25, 0.3) is 0 Å². The summed E-state index contributed by atoms with van der Waals surface area (Å²) in [5.41, 5.74) is 0. The molecule has 0 unspecified atom stereocenters. The van der Waals surface area contributed by atoms with Gasteiger partial charge in [-0.3, -0.25) is 0 Å². The van der Waals surface area contributed by atoms with Crippen molar-refractivity contribution < 1.29 is 39.0 Å². The van der Waals surface area contributed by atoms with E-state index in [0.29, 0.717) is 12.2 Å². The van der Waals surface area contributed by atoms with Crippen LogP contribution >= 0.6 is 7.82 Å². The zero-order valence-electron chi connectivity index (χ0n) is 6.06. The number of rotatable bonds is 2. The Morgan fingerprint density at radius 2 is 0.938 bits per heavy atom. The Kier molecular flexibility index (Phi) is 34.2. The van der Waals surface area contributed by atoms with Crippen molar-refractivity contribution in [2.75, 3.05) is 0 Å². The van der Waals surface area contributed by atoms with E-state index in [2.05, 4.69) is 0 Å². The van der Waals surface area contributed by atoms with E-state index in [1.807, 2.05) is 0 Å². The van der Waals surface area contributed by atoms with E-state index in [1.165, 1.54) is 0 Å². The molecule has 0 aromatic carbocycles. The zero-order valence-corrected chi connectivity index (χ0v) is 6.96. The van der Waals surface area contributed by atoms with E-state index in [0.717, 1.165) is 0 Å². The quantitative estimate of drug-likeness (QED) is 0.194. The first-order chi connectivity index (χ1) is 5.63. The third-order valence-electron chi connectivity index (χ3n) is 0.368. The molecule has 0 saturated heterocycles. The van der Waals surface area contributed by atoms with Crippen molar-refractivity contribution in [3.63, 3.8) is 0 Å². The molecule has 0 aromatic heterocycles. The molecule has 0 spiro atoms. The summed E-state index contributed by atoms with van der Waals surface area (Å²) in [4.78, 5) is 40.7. The summed E-state index contributed by atoms with van der Waals surface area (Å²) in [6, 6.07) is 0. The summed E-state index contributed by atoms with van der Waals surface area (Å²) in [7, 11) is -4.64. The number of carboxylic acid groups (broad SMARTS) is 2. The third-order valence-corrected chi connectivity index (χ3v) is 0.368. The molecule has 0 heterocycles. The van der Waals surface area contributed by atoms with Gasteiger partial charge in [-0.25, -0.2) is 14.2 Å². The summed E-state index contributed by atoms with van der Waals surface area (Å²) in [5.74, 6) is -2.51. The second-order valence-electron chi connectivity index (χ2n) is 1.52. The Morgan fingerprint density at radius 1 is 0.812 bits per heavy atom. The second kappa shape index (κ2) is 17.6. The number of carbonyl (C=O) groups is 2. The van der Waals surface area contributed by atoms with Gasteiger partial charge in [-0.2, -0.15) is 0 Å². The summed E-state index contributed by atoms with van der Waals surface area (Å²) < 4.78 is 8.88. The maximum atomic E-state index is 9.55. The van der Waals surface area contributed by atoms with Crippen LogP contribution in [0.25, 0.3) is 0 Å². The topological polar surface area (TPSA) is 152 Å². The summed E-state index contributed by atoms with van der Waals surface area (Å²) >= 11 is 0. The molecule has 0 radical (unpaired) electrons. The number of hydrogen-bond acceptors (Lipinski definition) is 3. The summed E-state index contributed by atoms with van der Waals surface area (Å²) in [6.45, 7) is 0. The van der Waals surface area contributed by atoms with Gasteiger partial charge in [-0.05, 0) is 0 Å². The van der Waals surface area contributed by atoms with Crippen molar-refractivity contribution in [2.24, 2.45) is 0 Å². The van der Waals surface area contributed by atoms with Crippen LogP contribution in [0.5, 0.6) is 0 Å². The fourth-order valence-electron chi connectivity index (χ4n) is 0.143. The van der Waals surface area contributed by atoms with Gasteiger partial charge in [0.05, 0.1) is 0 Å². The predicted molar refractivity (Wildman–Crippen MR) is 64.3 cm³/mol. The molecule has 12 heteroatoms. The molecular weight excluding hydrogens is 327 g/mol. The fraction of sp³-hybridized carbons (Fsp3) is 0. The van der Waals surface area contributed by atoms with Gasteiger partial charge in [0.2, 0.25) is 0 Å². The van der Waals surface area contributed by atoms with Crippen LogP contribution in [0.15, 0.2) is 12.2 Å². The standard InChI is InChI=1S/C4H4O4.3Ca.H3O4P.6H/c5-3(6)1-2-4(7)8;;;;1-5(2,3)4;;;;;;/h1-2H,(H,5,6)(H,7,8);;;;(H3,1,2,3,4);;;;;;/b2-1+;;;;;;;;;;. The Morgan fingerprint density at radius 3 is 1.00 bits per heavy atom. The van der Waals surface area contributed by atoms with Crippen molar-refractivity contribution >= 4 is 133 Å². The molecule has 8 nitrogen and oxygen atoms in total. The molecular formula is C4H13Ca3O8P. The summed E-state index contributed by atoms with van der Waals surface area (Å²) in [6.07, 6.45) is 1.12. The van der Waals surface area contributed by atoms with Crippen LogP contribution in [-0.4, -0.2) is 150 Å². The Bertz CT molecular complexity index is 236. The molecule has 0 rings (SSSR count). The average molecular weight is 340 g/mol. The van der Waals surface area contributed by atoms with E-state index >= 15 is 0 Å². The van der Waals surface area contributed by atoms with E-state index in [-0.39, 0.29) is 113 Å². The van der Waals surface area contributed by atoms with Gasteiger partial charge in [0, 0.05) is 12.2 Å². The molecule has 0 aromatic rings. The molecule has 88 valence electrons. The molecule has 0 saturated carbocycles. The SMILES string of the molecule is O=C(O)/C=C/C(=O)O.O=P(O)(O)O.[CaH2].[CaH2].[CaH2]. The van der Waals surface area contributed by atoms with Crippen molar-refractivity contribution in [1.29, 1.82) is 0 Å². The van der Waals surface area contributed by atoms with E-state index in [9.17, 15) is 9.59 Å². The minimum absolute atomic E-state index is 0. The van der Waals surface area contributed by atoms with Crippen LogP contribution in [0, 0.1) is 0 Å². The van der Waals surface area contributed by atoms with Gasteiger partial charge in [-0.15, -0.1) is 0 Å². The molecule has 0 fully saturated rings. The number of phosphoric acid groups is 1. The Balaban J connectivity index is -0.0000000454.